The number of halogens is 1. The van der Waals surface area contributed by atoms with Crippen molar-refractivity contribution in [2.24, 2.45) is 5.92 Å². The van der Waals surface area contributed by atoms with Crippen LogP contribution in [-0.2, 0) is 9.53 Å². The Morgan fingerprint density at radius 3 is 2.94 bits per heavy atom. The first-order valence-corrected chi connectivity index (χ1v) is 5.33. The van der Waals surface area contributed by atoms with Crippen LogP contribution < -0.4 is 4.90 Å². The van der Waals surface area contributed by atoms with Gasteiger partial charge in [-0.1, -0.05) is 18.5 Å². The Morgan fingerprint density at radius 1 is 1.69 bits per heavy atom. The molecule has 88 valence electrons. The summed E-state index contributed by atoms with van der Waals surface area (Å²) in [7, 11) is 3.22. The molecule has 1 unspecified atom stereocenters. The largest absolute Gasteiger partial charge is 0.469 e. The summed E-state index contributed by atoms with van der Waals surface area (Å²) < 4.78 is 4.66. The van der Waals surface area contributed by atoms with Crippen LogP contribution in [0.1, 0.15) is 6.92 Å². The van der Waals surface area contributed by atoms with Gasteiger partial charge in [-0.3, -0.25) is 4.79 Å². The van der Waals surface area contributed by atoms with Crippen LogP contribution in [0, 0.1) is 5.92 Å². The quantitative estimate of drug-likeness (QED) is 0.758. The number of hydrogen-bond acceptors (Lipinski definition) is 4. The van der Waals surface area contributed by atoms with Crippen LogP contribution in [0.2, 0.25) is 5.02 Å². The molecule has 0 saturated carbocycles. The molecule has 4 nitrogen and oxygen atoms in total. The summed E-state index contributed by atoms with van der Waals surface area (Å²) in [5.41, 5.74) is 0. The third kappa shape index (κ3) is 3.10. The van der Waals surface area contributed by atoms with Gasteiger partial charge in [0.05, 0.1) is 18.1 Å². The highest BCUT2D eigenvalue weighted by Crippen LogP contribution is 2.21. The molecule has 16 heavy (non-hydrogen) atoms. The zero-order valence-electron chi connectivity index (χ0n) is 9.61. The summed E-state index contributed by atoms with van der Waals surface area (Å²) in [6, 6.07) is 3.53. The van der Waals surface area contributed by atoms with Crippen LogP contribution >= 0.6 is 11.6 Å². The molecule has 0 radical (unpaired) electrons. The normalized spacial score (nSPS) is 12.0. The number of aromatic nitrogens is 1. The van der Waals surface area contributed by atoms with E-state index in [4.69, 9.17) is 11.6 Å². The number of carbonyl (C=O) groups excluding carboxylic acids is 1. The Kier molecular flexibility index (Phi) is 4.55. The summed E-state index contributed by atoms with van der Waals surface area (Å²) in [5.74, 6) is 0.215. The summed E-state index contributed by atoms with van der Waals surface area (Å²) in [4.78, 5) is 17.3. The molecule has 5 heteroatoms. The average molecular weight is 243 g/mol. The van der Waals surface area contributed by atoms with Gasteiger partial charge in [-0.25, -0.2) is 4.98 Å². The summed E-state index contributed by atoms with van der Waals surface area (Å²) >= 11 is 6.00. The molecule has 0 N–H and O–H groups in total. The highest BCUT2D eigenvalue weighted by atomic mass is 35.5. The monoisotopic (exact) mass is 242 g/mol. The van der Waals surface area contributed by atoms with Crippen LogP contribution in [-0.4, -0.2) is 31.7 Å². The fourth-order valence-electron chi connectivity index (χ4n) is 1.43. The zero-order valence-corrected chi connectivity index (χ0v) is 10.4. The molecule has 0 spiro atoms. The van der Waals surface area contributed by atoms with Crippen molar-refractivity contribution in [2.75, 3.05) is 25.6 Å². The maximum absolute atomic E-state index is 11.3. The van der Waals surface area contributed by atoms with Crippen LogP contribution in [0.4, 0.5) is 5.82 Å². The van der Waals surface area contributed by atoms with E-state index in [-0.39, 0.29) is 11.9 Å². The molecule has 0 aromatic carbocycles. The fourth-order valence-corrected chi connectivity index (χ4v) is 1.70. The Morgan fingerprint density at radius 2 is 2.38 bits per heavy atom. The molecule has 1 heterocycles. The van der Waals surface area contributed by atoms with Gasteiger partial charge in [0.1, 0.15) is 5.82 Å². The van der Waals surface area contributed by atoms with Gasteiger partial charge < -0.3 is 9.64 Å². The van der Waals surface area contributed by atoms with Crippen LogP contribution in [0.3, 0.4) is 0 Å². The number of carbonyl (C=O) groups is 1. The Labute approximate surface area is 100 Å². The topological polar surface area (TPSA) is 42.4 Å². The van der Waals surface area contributed by atoms with Gasteiger partial charge in [0.2, 0.25) is 0 Å². The van der Waals surface area contributed by atoms with E-state index in [9.17, 15) is 4.79 Å². The van der Waals surface area contributed by atoms with E-state index in [0.29, 0.717) is 17.4 Å². The number of ether oxygens (including phenoxy) is 1. The predicted octanol–water partition coefficient (Wildman–Crippen LogP) is 1.98. The number of anilines is 1. The molecule has 0 fully saturated rings. The lowest BCUT2D eigenvalue weighted by molar-refractivity contribution is -0.144. The fraction of sp³-hybridized carbons (Fsp3) is 0.455. The van der Waals surface area contributed by atoms with Gasteiger partial charge in [-0.05, 0) is 12.1 Å². The molecule has 1 rings (SSSR count). The van der Waals surface area contributed by atoms with Crippen molar-refractivity contribution in [3.05, 3.63) is 23.4 Å². The maximum Gasteiger partial charge on any atom is 0.310 e. The van der Waals surface area contributed by atoms with Gasteiger partial charge in [0.15, 0.2) is 0 Å². The summed E-state index contributed by atoms with van der Waals surface area (Å²) in [5, 5.41) is 0.571. The lowest BCUT2D eigenvalue weighted by Gasteiger charge is -2.21. The standard InChI is InChI=1S/C11H15ClN2O2/c1-8(11(15)16-3)7-14(2)10-9(12)5-4-6-13-10/h4-6,8H,7H2,1-3H3. The lowest BCUT2D eigenvalue weighted by Crippen LogP contribution is -2.29. The molecule has 0 amide bonds. The average Bonchev–Trinajstić information content (AvgIpc) is 2.28. The van der Waals surface area contributed by atoms with Crippen molar-refractivity contribution >= 4 is 23.4 Å². The third-order valence-corrected chi connectivity index (χ3v) is 2.55. The van der Waals surface area contributed by atoms with Crippen molar-refractivity contribution in [1.29, 1.82) is 0 Å². The Bertz CT molecular complexity index is 371. The first-order chi connectivity index (χ1) is 7.56. The molecule has 0 aliphatic rings. The SMILES string of the molecule is COC(=O)C(C)CN(C)c1ncccc1Cl. The van der Waals surface area contributed by atoms with Crippen molar-refractivity contribution in [3.8, 4) is 0 Å². The van der Waals surface area contributed by atoms with Gasteiger partial charge in [0, 0.05) is 19.8 Å². The summed E-state index contributed by atoms with van der Waals surface area (Å²) in [6.45, 7) is 2.32. The third-order valence-electron chi connectivity index (χ3n) is 2.25. The Hall–Kier alpha value is -1.29. The van der Waals surface area contributed by atoms with E-state index in [1.54, 1.807) is 25.3 Å². The van der Waals surface area contributed by atoms with Crippen molar-refractivity contribution < 1.29 is 9.53 Å². The molecule has 0 saturated heterocycles. The number of methoxy groups -OCH3 is 1. The minimum Gasteiger partial charge on any atom is -0.469 e. The van der Waals surface area contributed by atoms with E-state index in [2.05, 4.69) is 9.72 Å². The van der Waals surface area contributed by atoms with E-state index in [1.807, 2.05) is 11.9 Å². The van der Waals surface area contributed by atoms with Gasteiger partial charge in [-0.2, -0.15) is 0 Å². The first-order valence-electron chi connectivity index (χ1n) is 4.95. The van der Waals surface area contributed by atoms with Gasteiger partial charge in [0.25, 0.3) is 0 Å². The van der Waals surface area contributed by atoms with Crippen LogP contribution in [0.5, 0.6) is 0 Å². The molecule has 1 aromatic heterocycles. The lowest BCUT2D eigenvalue weighted by atomic mass is 10.2. The number of esters is 1. The number of rotatable bonds is 4. The van der Waals surface area contributed by atoms with E-state index in [0.717, 1.165) is 0 Å². The van der Waals surface area contributed by atoms with Crippen LogP contribution in [0.25, 0.3) is 0 Å². The number of pyridine rings is 1. The van der Waals surface area contributed by atoms with Crippen molar-refractivity contribution in [2.45, 2.75) is 6.92 Å². The smallest absolute Gasteiger partial charge is 0.310 e. The summed E-state index contributed by atoms with van der Waals surface area (Å²) in [6.07, 6.45) is 1.67. The maximum atomic E-state index is 11.3. The minimum absolute atomic E-state index is 0.215. The molecule has 0 bridgehead atoms. The van der Waals surface area contributed by atoms with E-state index < -0.39 is 0 Å². The van der Waals surface area contributed by atoms with Gasteiger partial charge >= 0.3 is 5.97 Å². The van der Waals surface area contributed by atoms with Crippen molar-refractivity contribution in [3.63, 3.8) is 0 Å². The molecule has 0 aliphatic carbocycles. The number of nitrogens with zero attached hydrogens (tertiary/aromatic N) is 2. The van der Waals surface area contributed by atoms with E-state index >= 15 is 0 Å². The second-order valence-corrected chi connectivity index (χ2v) is 4.02. The minimum atomic E-state index is -0.237. The molecular formula is C11H15ClN2O2. The van der Waals surface area contributed by atoms with Gasteiger partial charge in [-0.15, -0.1) is 0 Å². The zero-order chi connectivity index (χ0) is 12.1. The van der Waals surface area contributed by atoms with Crippen LogP contribution in [0.15, 0.2) is 18.3 Å². The molecule has 1 aromatic rings. The second-order valence-electron chi connectivity index (χ2n) is 3.61. The molecule has 0 aliphatic heterocycles. The Balaban J connectivity index is 2.69. The highest BCUT2D eigenvalue weighted by molar-refractivity contribution is 6.32. The predicted molar refractivity (Wildman–Crippen MR) is 63.7 cm³/mol. The number of hydrogen-bond donors (Lipinski definition) is 0. The second kappa shape index (κ2) is 5.70. The highest BCUT2D eigenvalue weighted by Gasteiger charge is 2.17. The van der Waals surface area contributed by atoms with E-state index in [1.165, 1.54) is 7.11 Å². The molecular weight excluding hydrogens is 228 g/mol. The van der Waals surface area contributed by atoms with Crippen molar-refractivity contribution in [1.82, 2.24) is 4.98 Å². The molecule has 1 atom stereocenters. The first kappa shape index (κ1) is 12.8.